The number of hydrogen-bond acceptors (Lipinski definition) is 4. The minimum atomic E-state index is -2.97. The Morgan fingerprint density at radius 1 is 1.22 bits per heavy atom. The van der Waals surface area contributed by atoms with E-state index in [1.807, 2.05) is 19.1 Å². The first-order valence-electron chi connectivity index (χ1n) is 7.93. The fourth-order valence-corrected chi connectivity index (χ4v) is 5.48. The first-order valence-corrected chi connectivity index (χ1v) is 10.6. The molecule has 2 rings (SSSR count). The molecule has 1 heterocycles. The summed E-state index contributed by atoms with van der Waals surface area (Å²) in [5.41, 5.74) is 1.28. The Balaban J connectivity index is 1.96. The van der Waals surface area contributed by atoms with E-state index >= 15 is 0 Å². The smallest absolute Gasteiger partial charge is 0.235 e. The molecule has 1 aliphatic rings. The Bertz CT molecular complexity index is 653. The van der Waals surface area contributed by atoms with Crippen LogP contribution < -0.4 is 0 Å². The number of benzene rings is 1. The number of carbonyl (C=O) groups excluding carboxylic acids is 1. The summed E-state index contributed by atoms with van der Waals surface area (Å²) in [6.07, 6.45) is 0.547. The van der Waals surface area contributed by atoms with Crippen molar-refractivity contribution in [2.75, 3.05) is 18.6 Å². The van der Waals surface area contributed by atoms with Gasteiger partial charge in [-0.25, -0.2) is 8.42 Å². The Labute approximate surface area is 143 Å². The van der Waals surface area contributed by atoms with E-state index in [1.165, 1.54) is 17.3 Å². The van der Waals surface area contributed by atoms with Gasteiger partial charge in [0.05, 0.1) is 16.8 Å². The van der Waals surface area contributed by atoms with Gasteiger partial charge < -0.3 is 4.90 Å². The van der Waals surface area contributed by atoms with Crippen LogP contribution in [0, 0.1) is 0 Å². The summed E-state index contributed by atoms with van der Waals surface area (Å²) in [5, 5.41) is -0.229. The second-order valence-corrected chi connectivity index (χ2v) is 10.1. The van der Waals surface area contributed by atoms with Crippen molar-refractivity contribution in [2.45, 2.75) is 49.3 Å². The summed E-state index contributed by atoms with van der Waals surface area (Å²) in [5.74, 6) is 0.761. The standard InChI is InChI=1S/C17H25NO3S2/c1-12(2)14-5-7-16(8-6-14)22-13(3)17(19)18(4)15-9-10-23(20,21)11-15/h5-8,12-13,15H,9-11H2,1-4H3. The van der Waals surface area contributed by atoms with Crippen LogP contribution in [0.15, 0.2) is 29.2 Å². The van der Waals surface area contributed by atoms with Crippen LogP contribution in [-0.4, -0.2) is 49.1 Å². The van der Waals surface area contributed by atoms with Crippen LogP contribution >= 0.6 is 11.8 Å². The van der Waals surface area contributed by atoms with Crippen molar-refractivity contribution in [3.8, 4) is 0 Å². The highest BCUT2D eigenvalue weighted by molar-refractivity contribution is 8.00. The predicted molar refractivity (Wildman–Crippen MR) is 95.7 cm³/mol. The van der Waals surface area contributed by atoms with E-state index in [9.17, 15) is 13.2 Å². The average molecular weight is 356 g/mol. The SMILES string of the molecule is CC(Sc1ccc(C(C)C)cc1)C(=O)N(C)C1CCS(=O)(=O)C1. The number of amides is 1. The molecule has 23 heavy (non-hydrogen) atoms. The van der Waals surface area contributed by atoms with Gasteiger partial charge in [0.1, 0.15) is 0 Å². The number of hydrogen-bond donors (Lipinski definition) is 0. The molecule has 0 N–H and O–H groups in total. The molecule has 2 unspecified atom stereocenters. The van der Waals surface area contributed by atoms with Crippen molar-refractivity contribution in [1.82, 2.24) is 4.90 Å². The molecule has 0 saturated carbocycles. The number of nitrogens with zero attached hydrogens (tertiary/aromatic N) is 1. The molecular formula is C17H25NO3S2. The lowest BCUT2D eigenvalue weighted by Gasteiger charge is -2.26. The van der Waals surface area contributed by atoms with Crippen LogP contribution in [0.25, 0.3) is 0 Å². The van der Waals surface area contributed by atoms with Gasteiger partial charge in [0.25, 0.3) is 0 Å². The van der Waals surface area contributed by atoms with Gasteiger partial charge in [0.15, 0.2) is 9.84 Å². The lowest BCUT2D eigenvalue weighted by Crippen LogP contribution is -2.41. The van der Waals surface area contributed by atoms with E-state index < -0.39 is 9.84 Å². The lowest BCUT2D eigenvalue weighted by atomic mass is 10.0. The van der Waals surface area contributed by atoms with E-state index in [0.717, 1.165) is 4.90 Å². The number of carbonyl (C=O) groups is 1. The maximum atomic E-state index is 12.5. The van der Waals surface area contributed by atoms with Crippen molar-refractivity contribution < 1.29 is 13.2 Å². The molecule has 2 atom stereocenters. The molecule has 1 fully saturated rings. The molecule has 0 aromatic heterocycles. The minimum absolute atomic E-state index is 0.00923. The normalized spacial score (nSPS) is 21.3. The quantitative estimate of drug-likeness (QED) is 0.762. The molecule has 0 spiro atoms. The topological polar surface area (TPSA) is 54.5 Å². The molecule has 6 heteroatoms. The van der Waals surface area contributed by atoms with E-state index in [2.05, 4.69) is 26.0 Å². The third-order valence-electron chi connectivity index (χ3n) is 4.31. The van der Waals surface area contributed by atoms with Crippen LogP contribution in [0.2, 0.25) is 0 Å². The predicted octanol–water partition coefficient (Wildman–Crippen LogP) is 2.94. The molecule has 0 radical (unpaired) electrons. The molecule has 0 aliphatic carbocycles. The largest absolute Gasteiger partial charge is 0.341 e. The fraction of sp³-hybridized carbons (Fsp3) is 0.588. The Hall–Kier alpha value is -1.01. The summed E-state index contributed by atoms with van der Waals surface area (Å²) in [4.78, 5) is 15.2. The number of sulfone groups is 1. The van der Waals surface area contributed by atoms with E-state index in [1.54, 1.807) is 11.9 Å². The molecule has 128 valence electrons. The molecule has 1 amide bonds. The monoisotopic (exact) mass is 355 g/mol. The molecule has 4 nitrogen and oxygen atoms in total. The average Bonchev–Trinajstić information content (AvgIpc) is 2.86. The van der Waals surface area contributed by atoms with Crippen LogP contribution in [0.5, 0.6) is 0 Å². The van der Waals surface area contributed by atoms with Crippen molar-refractivity contribution in [2.24, 2.45) is 0 Å². The third kappa shape index (κ3) is 4.73. The van der Waals surface area contributed by atoms with Crippen LogP contribution in [0.3, 0.4) is 0 Å². The highest BCUT2D eigenvalue weighted by atomic mass is 32.2. The van der Waals surface area contributed by atoms with Gasteiger partial charge in [0, 0.05) is 18.0 Å². The highest BCUT2D eigenvalue weighted by Crippen LogP contribution is 2.27. The van der Waals surface area contributed by atoms with Crippen LogP contribution in [0.4, 0.5) is 0 Å². The van der Waals surface area contributed by atoms with Gasteiger partial charge in [-0.05, 0) is 37.0 Å². The van der Waals surface area contributed by atoms with Gasteiger partial charge in [-0.1, -0.05) is 26.0 Å². The molecule has 1 aromatic rings. The van der Waals surface area contributed by atoms with E-state index in [4.69, 9.17) is 0 Å². The number of thioether (sulfide) groups is 1. The fourth-order valence-electron chi connectivity index (χ4n) is 2.73. The van der Waals surface area contributed by atoms with Crippen LogP contribution in [-0.2, 0) is 14.6 Å². The second-order valence-electron chi connectivity index (χ2n) is 6.49. The summed E-state index contributed by atoms with van der Waals surface area (Å²) >= 11 is 1.52. The lowest BCUT2D eigenvalue weighted by molar-refractivity contribution is -0.130. The maximum absolute atomic E-state index is 12.5. The molecule has 1 aromatic carbocycles. The van der Waals surface area contributed by atoms with Crippen molar-refractivity contribution >= 4 is 27.5 Å². The first kappa shape index (κ1) is 18.3. The van der Waals surface area contributed by atoms with Gasteiger partial charge in [-0.15, -0.1) is 11.8 Å². The molecular weight excluding hydrogens is 330 g/mol. The van der Waals surface area contributed by atoms with E-state index in [0.29, 0.717) is 12.3 Å². The summed E-state index contributed by atoms with van der Waals surface area (Å²) < 4.78 is 23.1. The minimum Gasteiger partial charge on any atom is -0.341 e. The van der Waals surface area contributed by atoms with Crippen molar-refractivity contribution in [3.63, 3.8) is 0 Å². The Morgan fingerprint density at radius 2 is 1.83 bits per heavy atom. The van der Waals surface area contributed by atoms with Gasteiger partial charge >= 0.3 is 0 Å². The van der Waals surface area contributed by atoms with E-state index in [-0.39, 0.29) is 28.7 Å². The van der Waals surface area contributed by atoms with Crippen molar-refractivity contribution in [1.29, 1.82) is 0 Å². The Kier molecular flexibility index (Phi) is 5.79. The molecule has 0 bridgehead atoms. The van der Waals surface area contributed by atoms with Gasteiger partial charge in [0.2, 0.25) is 5.91 Å². The van der Waals surface area contributed by atoms with Crippen LogP contribution in [0.1, 0.15) is 38.7 Å². The third-order valence-corrected chi connectivity index (χ3v) is 7.16. The first-order chi connectivity index (χ1) is 10.7. The van der Waals surface area contributed by atoms with Gasteiger partial charge in [-0.2, -0.15) is 0 Å². The zero-order valence-electron chi connectivity index (χ0n) is 14.2. The summed E-state index contributed by atoms with van der Waals surface area (Å²) in [7, 11) is -1.26. The van der Waals surface area contributed by atoms with Crippen molar-refractivity contribution in [3.05, 3.63) is 29.8 Å². The maximum Gasteiger partial charge on any atom is 0.235 e. The molecule has 1 saturated heterocycles. The second kappa shape index (κ2) is 7.26. The zero-order chi connectivity index (χ0) is 17.2. The zero-order valence-corrected chi connectivity index (χ0v) is 15.8. The summed E-state index contributed by atoms with van der Waals surface area (Å²) in [6, 6.07) is 8.10. The molecule has 1 aliphatic heterocycles. The Morgan fingerprint density at radius 3 is 2.30 bits per heavy atom. The van der Waals surface area contributed by atoms with Gasteiger partial charge in [-0.3, -0.25) is 4.79 Å². The number of rotatable bonds is 5. The summed E-state index contributed by atoms with van der Waals surface area (Å²) in [6.45, 7) is 6.18. The highest BCUT2D eigenvalue weighted by Gasteiger charge is 2.34.